The van der Waals surface area contributed by atoms with Crippen LogP contribution in [-0.2, 0) is 0 Å². The van der Waals surface area contributed by atoms with Gasteiger partial charge >= 0.3 is 0 Å². The van der Waals surface area contributed by atoms with Crippen molar-refractivity contribution < 1.29 is 0 Å². The molecule has 0 amide bonds. The molecule has 0 saturated carbocycles. The third kappa shape index (κ3) is 1.98. The minimum Gasteiger partial charge on any atom is -0.309 e. The summed E-state index contributed by atoms with van der Waals surface area (Å²) in [6.07, 6.45) is 0. The van der Waals surface area contributed by atoms with Crippen molar-refractivity contribution >= 4 is 37.7 Å². The van der Waals surface area contributed by atoms with Crippen molar-refractivity contribution in [1.82, 2.24) is 4.57 Å². The lowest BCUT2D eigenvalue weighted by molar-refractivity contribution is 1.17. The van der Waals surface area contributed by atoms with Gasteiger partial charge in [0, 0.05) is 20.9 Å². The van der Waals surface area contributed by atoms with Crippen LogP contribution in [0.15, 0.2) is 71.2 Å². The van der Waals surface area contributed by atoms with Gasteiger partial charge in [0.15, 0.2) is 0 Å². The standard InChI is InChI=1S/C19H14BrN/c1-13-6-9-15(10-7-13)21-18-5-3-2-4-16(18)17-12-14(20)8-11-19(17)21/h2-12H,1H3. The second kappa shape index (κ2) is 4.74. The molecule has 0 aliphatic carbocycles. The first-order valence-electron chi connectivity index (χ1n) is 7.00. The van der Waals surface area contributed by atoms with Crippen LogP contribution in [0.4, 0.5) is 0 Å². The molecule has 0 radical (unpaired) electrons. The van der Waals surface area contributed by atoms with Crippen LogP contribution in [0.1, 0.15) is 5.56 Å². The molecule has 0 saturated heterocycles. The Labute approximate surface area is 132 Å². The Morgan fingerprint density at radius 3 is 2.29 bits per heavy atom. The van der Waals surface area contributed by atoms with Crippen molar-refractivity contribution in [1.29, 1.82) is 0 Å². The molecule has 0 bridgehead atoms. The minimum atomic E-state index is 1.11. The van der Waals surface area contributed by atoms with E-state index in [-0.39, 0.29) is 0 Å². The summed E-state index contributed by atoms with van der Waals surface area (Å²) in [4.78, 5) is 0. The van der Waals surface area contributed by atoms with Gasteiger partial charge in [-0.25, -0.2) is 0 Å². The van der Waals surface area contributed by atoms with E-state index in [1.165, 1.54) is 33.1 Å². The molecule has 102 valence electrons. The van der Waals surface area contributed by atoms with Crippen LogP contribution in [0.5, 0.6) is 0 Å². The topological polar surface area (TPSA) is 4.93 Å². The number of halogens is 1. The number of rotatable bonds is 1. The smallest absolute Gasteiger partial charge is 0.0541 e. The maximum absolute atomic E-state index is 3.58. The summed E-state index contributed by atoms with van der Waals surface area (Å²) in [6.45, 7) is 2.12. The van der Waals surface area contributed by atoms with Crippen LogP contribution in [0.3, 0.4) is 0 Å². The van der Waals surface area contributed by atoms with Crippen LogP contribution in [0, 0.1) is 6.92 Å². The highest BCUT2D eigenvalue weighted by atomic mass is 79.9. The van der Waals surface area contributed by atoms with E-state index < -0.39 is 0 Å². The highest BCUT2D eigenvalue weighted by molar-refractivity contribution is 9.10. The fourth-order valence-electron chi connectivity index (χ4n) is 2.92. The Morgan fingerprint density at radius 1 is 0.762 bits per heavy atom. The number of aromatic nitrogens is 1. The molecule has 0 spiro atoms. The number of hydrogen-bond donors (Lipinski definition) is 0. The molecule has 1 aromatic heterocycles. The molecule has 2 heteroatoms. The van der Waals surface area contributed by atoms with Crippen molar-refractivity contribution in [2.24, 2.45) is 0 Å². The van der Waals surface area contributed by atoms with E-state index in [2.05, 4.69) is 94.2 Å². The summed E-state index contributed by atoms with van der Waals surface area (Å²) >= 11 is 3.58. The average molecular weight is 336 g/mol. The Bertz CT molecular complexity index is 949. The van der Waals surface area contributed by atoms with Crippen LogP contribution >= 0.6 is 15.9 Å². The Balaban J connectivity index is 2.17. The molecule has 0 N–H and O–H groups in total. The maximum Gasteiger partial charge on any atom is 0.0541 e. The zero-order valence-corrected chi connectivity index (χ0v) is 13.3. The van der Waals surface area contributed by atoms with Gasteiger partial charge in [0.2, 0.25) is 0 Å². The summed E-state index contributed by atoms with van der Waals surface area (Å²) in [7, 11) is 0. The van der Waals surface area contributed by atoms with Crippen LogP contribution in [0.2, 0.25) is 0 Å². The normalized spacial score (nSPS) is 11.3. The largest absolute Gasteiger partial charge is 0.309 e. The lowest BCUT2D eigenvalue weighted by Crippen LogP contribution is -1.93. The molecule has 0 unspecified atom stereocenters. The van der Waals surface area contributed by atoms with E-state index in [1.807, 2.05) is 0 Å². The minimum absolute atomic E-state index is 1.11. The SMILES string of the molecule is Cc1ccc(-n2c3ccccc3c3cc(Br)ccc32)cc1. The molecule has 1 nitrogen and oxygen atoms in total. The monoisotopic (exact) mass is 335 g/mol. The van der Waals surface area contributed by atoms with Gasteiger partial charge in [-0.05, 0) is 43.3 Å². The highest BCUT2D eigenvalue weighted by Gasteiger charge is 2.11. The fourth-order valence-corrected chi connectivity index (χ4v) is 3.28. The molecule has 3 aromatic carbocycles. The van der Waals surface area contributed by atoms with E-state index >= 15 is 0 Å². The zero-order chi connectivity index (χ0) is 14.4. The molecular formula is C19H14BrN. The molecule has 4 rings (SSSR count). The molecule has 0 aliphatic rings. The molecule has 1 heterocycles. The van der Waals surface area contributed by atoms with E-state index in [1.54, 1.807) is 0 Å². The van der Waals surface area contributed by atoms with Gasteiger partial charge in [-0.1, -0.05) is 51.8 Å². The average Bonchev–Trinajstić information content (AvgIpc) is 2.82. The molecule has 0 atom stereocenters. The number of aryl methyl sites for hydroxylation is 1. The Morgan fingerprint density at radius 2 is 1.48 bits per heavy atom. The van der Waals surface area contributed by atoms with Gasteiger partial charge in [-0.2, -0.15) is 0 Å². The van der Waals surface area contributed by atoms with Gasteiger partial charge in [-0.3, -0.25) is 0 Å². The van der Waals surface area contributed by atoms with E-state index in [0.717, 1.165) is 4.47 Å². The van der Waals surface area contributed by atoms with E-state index in [0.29, 0.717) is 0 Å². The second-order valence-corrected chi connectivity index (χ2v) is 6.27. The lowest BCUT2D eigenvalue weighted by Gasteiger charge is -2.08. The van der Waals surface area contributed by atoms with Crippen molar-refractivity contribution in [2.75, 3.05) is 0 Å². The Kier molecular flexibility index (Phi) is 2.86. The van der Waals surface area contributed by atoms with Crippen LogP contribution in [0.25, 0.3) is 27.5 Å². The van der Waals surface area contributed by atoms with Gasteiger partial charge in [0.05, 0.1) is 11.0 Å². The van der Waals surface area contributed by atoms with Crippen molar-refractivity contribution in [3.63, 3.8) is 0 Å². The number of para-hydroxylation sites is 1. The maximum atomic E-state index is 3.58. The summed E-state index contributed by atoms with van der Waals surface area (Å²) in [5, 5.41) is 2.56. The van der Waals surface area contributed by atoms with Gasteiger partial charge in [0.25, 0.3) is 0 Å². The molecular weight excluding hydrogens is 322 g/mol. The molecule has 0 aliphatic heterocycles. The summed E-state index contributed by atoms with van der Waals surface area (Å²) < 4.78 is 3.44. The summed E-state index contributed by atoms with van der Waals surface area (Å²) in [5.74, 6) is 0. The predicted octanol–water partition coefficient (Wildman–Crippen LogP) is 5.85. The third-order valence-corrected chi connectivity index (χ3v) is 4.42. The van der Waals surface area contributed by atoms with Crippen molar-refractivity contribution in [2.45, 2.75) is 6.92 Å². The van der Waals surface area contributed by atoms with E-state index in [9.17, 15) is 0 Å². The first-order chi connectivity index (χ1) is 10.2. The first-order valence-corrected chi connectivity index (χ1v) is 7.79. The third-order valence-electron chi connectivity index (χ3n) is 3.93. The molecule has 4 aromatic rings. The van der Waals surface area contributed by atoms with E-state index in [4.69, 9.17) is 0 Å². The van der Waals surface area contributed by atoms with Crippen LogP contribution in [-0.4, -0.2) is 4.57 Å². The van der Waals surface area contributed by atoms with Gasteiger partial charge < -0.3 is 4.57 Å². The summed E-state index contributed by atoms with van der Waals surface area (Å²) in [6, 6.07) is 23.7. The predicted molar refractivity (Wildman–Crippen MR) is 93.2 cm³/mol. The molecule has 21 heavy (non-hydrogen) atoms. The Hall–Kier alpha value is -2.06. The lowest BCUT2D eigenvalue weighted by atomic mass is 10.2. The second-order valence-electron chi connectivity index (χ2n) is 5.35. The van der Waals surface area contributed by atoms with Crippen molar-refractivity contribution in [3.05, 3.63) is 76.8 Å². The number of nitrogens with zero attached hydrogens (tertiary/aromatic N) is 1. The molecule has 0 fully saturated rings. The first kappa shape index (κ1) is 12.7. The fraction of sp³-hybridized carbons (Fsp3) is 0.0526. The van der Waals surface area contributed by atoms with Crippen LogP contribution < -0.4 is 0 Å². The van der Waals surface area contributed by atoms with Crippen molar-refractivity contribution in [3.8, 4) is 5.69 Å². The van der Waals surface area contributed by atoms with Gasteiger partial charge in [0.1, 0.15) is 0 Å². The zero-order valence-electron chi connectivity index (χ0n) is 11.7. The summed E-state index contributed by atoms with van der Waals surface area (Å²) in [5.41, 5.74) is 4.97. The van der Waals surface area contributed by atoms with Gasteiger partial charge in [-0.15, -0.1) is 0 Å². The number of fused-ring (bicyclic) bond motifs is 3. The highest BCUT2D eigenvalue weighted by Crippen LogP contribution is 2.33. The quantitative estimate of drug-likeness (QED) is 0.411. The number of benzene rings is 3. The number of hydrogen-bond acceptors (Lipinski definition) is 0.